The normalized spacial score (nSPS) is 20.5. The summed E-state index contributed by atoms with van der Waals surface area (Å²) in [6.45, 7) is 6.55. The summed E-state index contributed by atoms with van der Waals surface area (Å²) in [5.74, 6) is -0.0573. The number of benzene rings is 3. The highest BCUT2D eigenvalue weighted by atomic mass is 35.5. The number of para-hydroxylation sites is 1. The van der Waals surface area contributed by atoms with Gasteiger partial charge in [0, 0.05) is 16.6 Å². The molecule has 3 aromatic rings. The molecule has 0 saturated carbocycles. The van der Waals surface area contributed by atoms with Gasteiger partial charge in [-0.05, 0) is 49.6 Å². The molecule has 0 saturated heterocycles. The highest BCUT2D eigenvalue weighted by molar-refractivity contribution is 6.34. The monoisotopic (exact) mass is 389 g/mol. The van der Waals surface area contributed by atoms with Crippen molar-refractivity contribution >= 4 is 23.2 Å². The number of hydrogen-bond acceptors (Lipinski definition) is 1. The van der Waals surface area contributed by atoms with Crippen molar-refractivity contribution in [2.24, 2.45) is 0 Å². The van der Waals surface area contributed by atoms with Gasteiger partial charge in [-0.2, -0.15) is 0 Å². The molecule has 3 heteroatoms. The van der Waals surface area contributed by atoms with E-state index in [-0.39, 0.29) is 16.9 Å². The third-order valence-electron chi connectivity index (χ3n) is 5.85. The van der Waals surface area contributed by atoms with Crippen LogP contribution in [0.3, 0.4) is 0 Å². The quantitative estimate of drug-likeness (QED) is 0.491. The van der Waals surface area contributed by atoms with E-state index in [9.17, 15) is 4.79 Å². The van der Waals surface area contributed by atoms with Crippen LogP contribution < -0.4 is 4.90 Å². The lowest BCUT2D eigenvalue weighted by atomic mass is 9.65. The van der Waals surface area contributed by atoms with E-state index in [0.717, 1.165) is 12.1 Å². The number of fused-ring (bicyclic) bond motifs is 1. The van der Waals surface area contributed by atoms with Crippen LogP contribution in [0.25, 0.3) is 0 Å². The number of hydrogen-bond donors (Lipinski definition) is 0. The fourth-order valence-electron chi connectivity index (χ4n) is 4.70. The maximum atomic E-state index is 13.6. The van der Waals surface area contributed by atoms with Crippen LogP contribution >= 0.6 is 11.6 Å². The van der Waals surface area contributed by atoms with Crippen LogP contribution in [0.15, 0.2) is 78.9 Å². The Bertz CT molecular complexity index is 1030. The minimum atomic E-state index is -0.380. The van der Waals surface area contributed by atoms with Crippen molar-refractivity contribution < 1.29 is 4.79 Å². The Kier molecular flexibility index (Phi) is 4.55. The standard InChI is InChI=1S/C25H24ClNO/c1-24(2)17-25(3,18-11-5-4-6-12-18)20-14-8-10-16-22(20)27(24)23(28)19-13-7-9-15-21(19)26/h4-16H,17H2,1-3H3/t25-/m1/s1. The minimum absolute atomic E-state index is 0.0573. The number of nitrogens with zero attached hydrogens (tertiary/aromatic N) is 1. The van der Waals surface area contributed by atoms with Gasteiger partial charge in [-0.25, -0.2) is 0 Å². The molecular formula is C25H24ClNO. The maximum Gasteiger partial charge on any atom is 0.260 e. The Morgan fingerprint density at radius 2 is 1.46 bits per heavy atom. The van der Waals surface area contributed by atoms with Gasteiger partial charge in [0.1, 0.15) is 0 Å². The number of rotatable bonds is 2. The van der Waals surface area contributed by atoms with E-state index in [1.807, 2.05) is 35.2 Å². The van der Waals surface area contributed by atoms with Crippen LogP contribution in [0.5, 0.6) is 0 Å². The molecular weight excluding hydrogens is 366 g/mol. The van der Waals surface area contributed by atoms with Crippen LogP contribution in [0, 0.1) is 0 Å². The van der Waals surface area contributed by atoms with Crippen LogP contribution in [0.2, 0.25) is 5.02 Å². The SMILES string of the molecule is CC1(C)C[C@](C)(c2ccccc2)c2ccccc2N1C(=O)c1ccccc1Cl. The lowest BCUT2D eigenvalue weighted by molar-refractivity contribution is 0.0949. The number of carbonyl (C=O) groups is 1. The average Bonchev–Trinajstić information content (AvgIpc) is 2.68. The first-order valence-electron chi connectivity index (χ1n) is 9.59. The van der Waals surface area contributed by atoms with Crippen molar-refractivity contribution in [3.05, 3.63) is 101 Å². The minimum Gasteiger partial charge on any atom is -0.302 e. The zero-order chi connectivity index (χ0) is 19.9. The Hall–Kier alpha value is -2.58. The lowest BCUT2D eigenvalue weighted by Gasteiger charge is -2.51. The highest BCUT2D eigenvalue weighted by Gasteiger charge is 2.47. The summed E-state index contributed by atoms with van der Waals surface area (Å²) in [5.41, 5.74) is 3.36. The largest absolute Gasteiger partial charge is 0.302 e. The highest BCUT2D eigenvalue weighted by Crippen LogP contribution is 2.50. The predicted molar refractivity (Wildman–Crippen MR) is 116 cm³/mol. The summed E-state index contributed by atoms with van der Waals surface area (Å²) in [7, 11) is 0. The third-order valence-corrected chi connectivity index (χ3v) is 6.18. The van der Waals surface area contributed by atoms with E-state index < -0.39 is 0 Å². The van der Waals surface area contributed by atoms with Crippen molar-refractivity contribution in [2.75, 3.05) is 4.90 Å². The molecule has 0 N–H and O–H groups in total. The molecule has 142 valence electrons. The lowest BCUT2D eigenvalue weighted by Crippen LogP contribution is -2.55. The molecule has 0 unspecified atom stereocenters. The molecule has 1 aliphatic rings. The summed E-state index contributed by atoms with van der Waals surface area (Å²) in [4.78, 5) is 15.5. The zero-order valence-electron chi connectivity index (χ0n) is 16.4. The van der Waals surface area contributed by atoms with E-state index in [4.69, 9.17) is 11.6 Å². The van der Waals surface area contributed by atoms with Crippen molar-refractivity contribution in [1.82, 2.24) is 0 Å². The average molecular weight is 390 g/mol. The second kappa shape index (κ2) is 6.79. The molecule has 1 heterocycles. The van der Waals surface area contributed by atoms with Gasteiger partial charge < -0.3 is 4.90 Å². The van der Waals surface area contributed by atoms with Gasteiger partial charge in [0.25, 0.3) is 5.91 Å². The third kappa shape index (κ3) is 2.93. The van der Waals surface area contributed by atoms with Gasteiger partial charge in [0.05, 0.1) is 10.6 Å². The molecule has 28 heavy (non-hydrogen) atoms. The Labute approximate surface area is 171 Å². The maximum absolute atomic E-state index is 13.6. The van der Waals surface area contributed by atoms with E-state index >= 15 is 0 Å². The Balaban J connectivity index is 1.91. The van der Waals surface area contributed by atoms with E-state index in [0.29, 0.717) is 10.6 Å². The molecule has 0 aliphatic carbocycles. The number of amides is 1. The first-order valence-corrected chi connectivity index (χ1v) is 9.96. The van der Waals surface area contributed by atoms with E-state index in [2.05, 4.69) is 57.2 Å². The van der Waals surface area contributed by atoms with Gasteiger partial charge in [-0.3, -0.25) is 4.79 Å². The number of halogens is 1. The summed E-state index contributed by atoms with van der Waals surface area (Å²) in [6.07, 6.45) is 0.817. The molecule has 1 amide bonds. The fraction of sp³-hybridized carbons (Fsp3) is 0.240. The second-order valence-corrected chi connectivity index (χ2v) is 8.73. The number of anilines is 1. The summed E-state index contributed by atoms with van der Waals surface area (Å²) in [6, 6.07) is 26.1. The Morgan fingerprint density at radius 1 is 0.857 bits per heavy atom. The van der Waals surface area contributed by atoms with Gasteiger partial charge in [-0.15, -0.1) is 0 Å². The second-order valence-electron chi connectivity index (χ2n) is 8.32. The van der Waals surface area contributed by atoms with Crippen LogP contribution in [0.4, 0.5) is 5.69 Å². The molecule has 0 aromatic heterocycles. The van der Waals surface area contributed by atoms with E-state index in [1.54, 1.807) is 12.1 Å². The van der Waals surface area contributed by atoms with Gasteiger partial charge in [0.2, 0.25) is 0 Å². The van der Waals surface area contributed by atoms with Crippen molar-refractivity contribution in [1.29, 1.82) is 0 Å². The molecule has 0 fully saturated rings. The topological polar surface area (TPSA) is 20.3 Å². The summed E-state index contributed by atoms with van der Waals surface area (Å²) < 4.78 is 0. The molecule has 2 nitrogen and oxygen atoms in total. The number of carbonyl (C=O) groups excluding carboxylic acids is 1. The van der Waals surface area contributed by atoms with Crippen molar-refractivity contribution in [2.45, 2.75) is 38.1 Å². The van der Waals surface area contributed by atoms with Crippen LogP contribution in [-0.2, 0) is 5.41 Å². The van der Waals surface area contributed by atoms with Crippen molar-refractivity contribution in [3.63, 3.8) is 0 Å². The smallest absolute Gasteiger partial charge is 0.260 e. The van der Waals surface area contributed by atoms with Gasteiger partial charge in [0.15, 0.2) is 0 Å². The molecule has 1 atom stereocenters. The first kappa shape index (κ1) is 18.8. The molecule has 4 rings (SSSR count). The summed E-state index contributed by atoms with van der Waals surface area (Å²) >= 11 is 6.36. The van der Waals surface area contributed by atoms with Crippen LogP contribution in [0.1, 0.15) is 48.7 Å². The van der Waals surface area contributed by atoms with E-state index in [1.165, 1.54) is 11.1 Å². The predicted octanol–water partition coefficient (Wildman–Crippen LogP) is 6.48. The van der Waals surface area contributed by atoms with Gasteiger partial charge in [-0.1, -0.05) is 79.2 Å². The molecule has 0 radical (unpaired) electrons. The zero-order valence-corrected chi connectivity index (χ0v) is 17.2. The van der Waals surface area contributed by atoms with Crippen LogP contribution in [-0.4, -0.2) is 11.4 Å². The molecule has 0 spiro atoms. The summed E-state index contributed by atoms with van der Waals surface area (Å²) in [5, 5.41) is 0.483. The first-order chi connectivity index (χ1) is 13.3. The van der Waals surface area contributed by atoms with Gasteiger partial charge >= 0.3 is 0 Å². The Morgan fingerprint density at radius 3 is 2.18 bits per heavy atom. The fourth-order valence-corrected chi connectivity index (χ4v) is 4.92. The van der Waals surface area contributed by atoms with Crippen molar-refractivity contribution in [3.8, 4) is 0 Å². The molecule has 1 aliphatic heterocycles. The molecule has 0 bridgehead atoms. The molecule has 3 aromatic carbocycles.